The predicted octanol–water partition coefficient (Wildman–Crippen LogP) is 1.74. The summed E-state index contributed by atoms with van der Waals surface area (Å²) in [5, 5.41) is 23.8. The molecular weight excluding hydrogens is 414 g/mol. The monoisotopic (exact) mass is 431 g/mol. The first-order chi connectivity index (χ1) is 12.9. The number of benzene rings is 2. The van der Waals surface area contributed by atoms with Crippen molar-refractivity contribution >= 4 is 32.9 Å². The smallest absolute Gasteiger partial charge is 0.339 e. The van der Waals surface area contributed by atoms with Gasteiger partial charge in [-0.15, -0.1) is 0 Å². The molecule has 0 unspecified atom stereocenters. The number of carboxylic acid groups (broad SMARTS) is 1. The normalized spacial score (nSPS) is 15.2. The third-order valence-electron chi connectivity index (χ3n) is 4.07. The van der Waals surface area contributed by atoms with Crippen molar-refractivity contribution in [2.24, 2.45) is 5.73 Å². The van der Waals surface area contributed by atoms with E-state index >= 15 is 0 Å². The van der Waals surface area contributed by atoms with E-state index < -0.39 is 11.8 Å². The minimum Gasteiger partial charge on any atom is -0.507 e. The van der Waals surface area contributed by atoms with Crippen LogP contribution >= 0.6 is 15.9 Å². The Labute approximate surface area is 163 Å². The summed E-state index contributed by atoms with van der Waals surface area (Å²) in [6.45, 7) is 1.70. The number of hydrogen-bond acceptors (Lipinski definition) is 7. The van der Waals surface area contributed by atoms with Crippen molar-refractivity contribution in [3.05, 3.63) is 64.4 Å². The standard InChI is InChI=1S/C11H12BrN5.C7H6O3/c12-9-7(11(13)16-5-6-17-11)1-2-8-10(9)15-4-3-14-8;8-6-4-2-1-3-5(6)7(9)10/h1-4,16-17H,5-6,13H2;1-4,8H,(H,9,10). The van der Waals surface area contributed by atoms with Gasteiger partial charge in [0.05, 0.1) is 9.99 Å². The molecule has 0 aliphatic carbocycles. The maximum absolute atomic E-state index is 10.3. The molecule has 2 heterocycles. The van der Waals surface area contributed by atoms with Gasteiger partial charge < -0.3 is 10.2 Å². The van der Waals surface area contributed by atoms with Gasteiger partial charge in [-0.3, -0.25) is 26.3 Å². The first-order valence-corrected chi connectivity index (χ1v) is 8.91. The Morgan fingerprint density at radius 1 is 1.11 bits per heavy atom. The van der Waals surface area contributed by atoms with Crippen LogP contribution in [0.25, 0.3) is 11.0 Å². The zero-order valence-corrected chi connectivity index (χ0v) is 15.8. The molecule has 0 radical (unpaired) electrons. The number of phenols is 1. The number of rotatable bonds is 2. The minimum atomic E-state index is -1.11. The number of para-hydroxylation sites is 1. The summed E-state index contributed by atoms with van der Waals surface area (Å²) in [4.78, 5) is 18.8. The molecule has 0 saturated carbocycles. The van der Waals surface area contributed by atoms with Crippen LogP contribution in [0, 0.1) is 0 Å². The number of halogens is 1. The lowest BCUT2D eigenvalue weighted by atomic mass is 10.1. The van der Waals surface area contributed by atoms with Gasteiger partial charge in [-0.2, -0.15) is 0 Å². The molecule has 4 rings (SSSR count). The van der Waals surface area contributed by atoms with E-state index in [1.807, 2.05) is 12.1 Å². The summed E-state index contributed by atoms with van der Waals surface area (Å²) >= 11 is 3.56. The van der Waals surface area contributed by atoms with E-state index in [4.69, 9.17) is 15.9 Å². The molecule has 0 atom stereocenters. The average molecular weight is 432 g/mol. The van der Waals surface area contributed by atoms with Gasteiger partial charge in [-0.1, -0.05) is 18.2 Å². The van der Waals surface area contributed by atoms with Crippen molar-refractivity contribution in [3.8, 4) is 5.75 Å². The van der Waals surface area contributed by atoms with Gasteiger partial charge in [0.25, 0.3) is 0 Å². The summed E-state index contributed by atoms with van der Waals surface area (Å²) < 4.78 is 0.882. The zero-order valence-electron chi connectivity index (χ0n) is 14.2. The van der Waals surface area contributed by atoms with Crippen LogP contribution in [0.2, 0.25) is 0 Å². The maximum atomic E-state index is 10.3. The van der Waals surface area contributed by atoms with Gasteiger partial charge in [-0.05, 0) is 34.1 Å². The Hall–Kier alpha value is -2.59. The molecule has 6 N–H and O–H groups in total. The molecule has 1 aliphatic heterocycles. The van der Waals surface area contributed by atoms with Gasteiger partial charge in [0, 0.05) is 31.0 Å². The Morgan fingerprint density at radius 2 is 1.78 bits per heavy atom. The maximum Gasteiger partial charge on any atom is 0.339 e. The molecule has 27 heavy (non-hydrogen) atoms. The van der Waals surface area contributed by atoms with Gasteiger partial charge in [-0.25, -0.2) is 4.79 Å². The summed E-state index contributed by atoms with van der Waals surface area (Å²) in [6, 6.07) is 9.71. The third-order valence-corrected chi connectivity index (χ3v) is 4.87. The number of carboxylic acids is 1. The van der Waals surface area contributed by atoms with E-state index in [0.717, 1.165) is 34.2 Å². The molecule has 9 heteroatoms. The Balaban J connectivity index is 0.000000180. The molecule has 0 spiro atoms. The summed E-state index contributed by atoms with van der Waals surface area (Å²) in [6.07, 6.45) is 3.36. The van der Waals surface area contributed by atoms with Crippen LogP contribution in [0.1, 0.15) is 15.9 Å². The molecule has 1 fully saturated rings. The molecule has 0 amide bonds. The zero-order chi connectivity index (χ0) is 19.4. The van der Waals surface area contributed by atoms with Crippen LogP contribution < -0.4 is 16.4 Å². The highest BCUT2D eigenvalue weighted by Gasteiger charge is 2.32. The fraction of sp³-hybridized carbons (Fsp3) is 0.167. The molecule has 8 nitrogen and oxygen atoms in total. The number of carbonyl (C=O) groups is 1. The highest BCUT2D eigenvalue weighted by Crippen LogP contribution is 2.30. The number of hydrogen-bond donors (Lipinski definition) is 5. The van der Waals surface area contributed by atoms with Crippen LogP contribution in [-0.2, 0) is 5.79 Å². The Morgan fingerprint density at radius 3 is 2.41 bits per heavy atom. The Bertz CT molecular complexity index is 976. The lowest BCUT2D eigenvalue weighted by molar-refractivity contribution is 0.0693. The molecule has 1 aliphatic rings. The lowest BCUT2D eigenvalue weighted by Crippen LogP contribution is -2.54. The lowest BCUT2D eigenvalue weighted by Gasteiger charge is -2.26. The van der Waals surface area contributed by atoms with E-state index in [2.05, 4.69) is 36.5 Å². The average Bonchev–Trinajstić information content (AvgIpc) is 3.10. The van der Waals surface area contributed by atoms with Crippen molar-refractivity contribution in [2.75, 3.05) is 13.1 Å². The first kappa shape index (κ1) is 19.2. The Kier molecular flexibility index (Phi) is 5.66. The molecular formula is C18H18BrN5O3. The summed E-state index contributed by atoms with van der Waals surface area (Å²) in [5.41, 5.74) is 8.83. The number of nitrogens with one attached hydrogen (secondary N) is 2. The van der Waals surface area contributed by atoms with E-state index in [0.29, 0.717) is 0 Å². The van der Waals surface area contributed by atoms with Crippen LogP contribution in [-0.4, -0.2) is 39.2 Å². The van der Waals surface area contributed by atoms with E-state index in [-0.39, 0.29) is 11.3 Å². The number of fused-ring (bicyclic) bond motifs is 1. The van der Waals surface area contributed by atoms with Gasteiger partial charge in [0.1, 0.15) is 22.6 Å². The SMILES string of the molecule is NC1(c2ccc3nccnc3c2Br)NCCN1.O=C(O)c1ccccc1O. The highest BCUT2D eigenvalue weighted by atomic mass is 79.9. The second-order valence-corrected chi connectivity index (χ2v) is 6.63. The number of aromatic hydroxyl groups is 1. The number of nitrogens with zero attached hydrogens (tertiary/aromatic N) is 2. The largest absolute Gasteiger partial charge is 0.507 e. The van der Waals surface area contributed by atoms with Crippen molar-refractivity contribution < 1.29 is 15.0 Å². The molecule has 140 valence electrons. The van der Waals surface area contributed by atoms with Crippen LogP contribution in [0.15, 0.2) is 53.3 Å². The first-order valence-electron chi connectivity index (χ1n) is 8.12. The quantitative estimate of drug-likeness (QED) is 0.414. The fourth-order valence-corrected chi connectivity index (χ4v) is 3.48. The number of aromatic nitrogens is 2. The van der Waals surface area contributed by atoms with Crippen LogP contribution in [0.5, 0.6) is 5.75 Å². The van der Waals surface area contributed by atoms with Crippen LogP contribution in [0.3, 0.4) is 0 Å². The van der Waals surface area contributed by atoms with Crippen LogP contribution in [0.4, 0.5) is 0 Å². The van der Waals surface area contributed by atoms with E-state index in [9.17, 15) is 4.79 Å². The van der Waals surface area contributed by atoms with Crippen molar-refractivity contribution in [1.82, 2.24) is 20.6 Å². The summed E-state index contributed by atoms with van der Waals surface area (Å²) in [5.74, 6) is -2.00. The third kappa shape index (κ3) is 4.06. The van der Waals surface area contributed by atoms with Crippen molar-refractivity contribution in [1.29, 1.82) is 0 Å². The summed E-state index contributed by atoms with van der Waals surface area (Å²) in [7, 11) is 0. The van der Waals surface area contributed by atoms with Crippen molar-refractivity contribution in [3.63, 3.8) is 0 Å². The number of nitrogens with two attached hydrogens (primary N) is 1. The molecule has 0 bridgehead atoms. The van der Waals surface area contributed by atoms with Gasteiger partial charge >= 0.3 is 5.97 Å². The molecule has 1 aromatic heterocycles. The topological polar surface area (TPSA) is 133 Å². The van der Waals surface area contributed by atoms with Gasteiger partial charge in [0.2, 0.25) is 0 Å². The van der Waals surface area contributed by atoms with E-state index in [1.165, 1.54) is 12.1 Å². The number of aromatic carboxylic acids is 1. The molecule has 3 aromatic rings. The van der Waals surface area contributed by atoms with E-state index in [1.54, 1.807) is 24.5 Å². The predicted molar refractivity (Wildman–Crippen MR) is 104 cm³/mol. The highest BCUT2D eigenvalue weighted by molar-refractivity contribution is 9.10. The second kappa shape index (κ2) is 7.97. The second-order valence-electron chi connectivity index (χ2n) is 5.84. The molecule has 2 aromatic carbocycles. The fourth-order valence-electron chi connectivity index (χ4n) is 2.73. The van der Waals surface area contributed by atoms with Gasteiger partial charge in [0.15, 0.2) is 0 Å². The minimum absolute atomic E-state index is 0.0671. The van der Waals surface area contributed by atoms with Crippen molar-refractivity contribution in [2.45, 2.75) is 5.79 Å². The molecule has 1 saturated heterocycles.